The molecule has 1 aliphatic heterocycles. The Kier molecular flexibility index (Phi) is 4.92. The molecule has 0 spiro atoms. The summed E-state index contributed by atoms with van der Waals surface area (Å²) in [6.07, 6.45) is 6.09. The quantitative estimate of drug-likeness (QED) is 0.576. The number of amides is 1. The summed E-state index contributed by atoms with van der Waals surface area (Å²) in [5.74, 6) is 0.267. The molecule has 0 bridgehead atoms. The summed E-state index contributed by atoms with van der Waals surface area (Å²) in [6.45, 7) is 5.98. The summed E-state index contributed by atoms with van der Waals surface area (Å²) < 4.78 is 6.80. The van der Waals surface area contributed by atoms with E-state index in [1.807, 2.05) is 18.7 Å². The lowest BCUT2D eigenvalue weighted by atomic mass is 9.72. The Morgan fingerprint density at radius 2 is 2.12 bits per heavy atom. The Hall–Kier alpha value is -2.25. The maximum absolute atomic E-state index is 12.5. The smallest absolute Gasteiger partial charge is 0.309 e. The van der Waals surface area contributed by atoms with E-state index in [-0.39, 0.29) is 35.5 Å². The number of aryl methyl sites for hydroxylation is 1. The highest BCUT2D eigenvalue weighted by molar-refractivity contribution is 5.77. The molecule has 8 heteroatoms. The van der Waals surface area contributed by atoms with E-state index >= 15 is 0 Å². The molecule has 8 nitrogen and oxygen atoms in total. The lowest BCUT2D eigenvalue weighted by molar-refractivity contribution is -0.152. The highest BCUT2D eigenvalue weighted by atomic mass is 16.5. The number of allylic oxidation sites excluding steroid dienone is 1. The molecule has 0 unspecified atom stereocenters. The Balaban J connectivity index is 1.63. The minimum atomic E-state index is -0.169. The molecule has 0 N–H and O–H groups in total. The number of aromatic nitrogens is 4. The minimum absolute atomic E-state index is 0.0727. The summed E-state index contributed by atoms with van der Waals surface area (Å²) >= 11 is 0. The van der Waals surface area contributed by atoms with E-state index in [9.17, 15) is 9.59 Å². The van der Waals surface area contributed by atoms with Crippen molar-refractivity contribution < 1.29 is 14.3 Å². The lowest BCUT2D eigenvalue weighted by Gasteiger charge is -2.31. The van der Waals surface area contributed by atoms with Crippen LogP contribution in [0.25, 0.3) is 0 Å². The molecule has 2 aliphatic rings. The van der Waals surface area contributed by atoms with Gasteiger partial charge >= 0.3 is 5.97 Å². The molecule has 0 aromatic carbocycles. The normalized spacial score (nSPS) is 28.7. The largest absolute Gasteiger partial charge is 0.466 e. The number of fused-ring (bicyclic) bond motifs is 1. The fraction of sp³-hybridized carbons (Fsp3) is 0.688. The predicted molar refractivity (Wildman–Crippen MR) is 84.4 cm³/mol. The van der Waals surface area contributed by atoms with E-state index < -0.39 is 0 Å². The molecular weight excluding hydrogens is 310 g/mol. The van der Waals surface area contributed by atoms with Crippen molar-refractivity contribution in [2.45, 2.75) is 26.8 Å². The second-order valence-electron chi connectivity index (χ2n) is 6.47. The molecule has 1 amide bonds. The molecule has 2 heterocycles. The fourth-order valence-corrected chi connectivity index (χ4v) is 3.75. The molecule has 130 valence electrons. The second kappa shape index (κ2) is 7.11. The number of hydrogen-bond donors (Lipinski definition) is 0. The highest BCUT2D eigenvalue weighted by Crippen LogP contribution is 2.40. The molecule has 24 heavy (non-hydrogen) atoms. The topological polar surface area (TPSA) is 90.2 Å². The van der Waals surface area contributed by atoms with Gasteiger partial charge in [-0.3, -0.25) is 9.59 Å². The number of ether oxygens (including phenoxy) is 1. The lowest BCUT2D eigenvalue weighted by Crippen LogP contribution is -2.37. The van der Waals surface area contributed by atoms with E-state index in [4.69, 9.17) is 4.74 Å². The van der Waals surface area contributed by atoms with Gasteiger partial charge in [0.2, 0.25) is 5.91 Å². The van der Waals surface area contributed by atoms with Crippen molar-refractivity contribution >= 4 is 11.9 Å². The number of nitrogens with zero attached hydrogens (tertiary/aromatic N) is 5. The zero-order chi connectivity index (χ0) is 17.1. The summed E-state index contributed by atoms with van der Waals surface area (Å²) in [7, 11) is 0. The van der Waals surface area contributed by atoms with Gasteiger partial charge < -0.3 is 9.64 Å². The molecule has 1 aromatic rings. The van der Waals surface area contributed by atoms with Crippen molar-refractivity contribution in [3.8, 4) is 0 Å². The van der Waals surface area contributed by atoms with Crippen LogP contribution in [0.1, 0.15) is 20.3 Å². The molecule has 1 saturated heterocycles. The van der Waals surface area contributed by atoms with Gasteiger partial charge in [0, 0.05) is 19.5 Å². The van der Waals surface area contributed by atoms with Gasteiger partial charge in [-0.1, -0.05) is 19.1 Å². The first-order valence-electron chi connectivity index (χ1n) is 8.43. The van der Waals surface area contributed by atoms with Gasteiger partial charge in [-0.05, 0) is 35.1 Å². The molecule has 1 aromatic heterocycles. The van der Waals surface area contributed by atoms with Crippen molar-refractivity contribution in [2.75, 3.05) is 19.7 Å². The van der Waals surface area contributed by atoms with Gasteiger partial charge in [-0.25, -0.2) is 4.68 Å². The summed E-state index contributed by atoms with van der Waals surface area (Å²) in [5.41, 5.74) is 0. The Morgan fingerprint density at radius 1 is 1.29 bits per heavy atom. The SMILES string of the molecule is CCOC(=O)[C@H]1[C@@H]2CN(C(=O)CCn3cnnn3)C[C@@H]2C=C[C@@H]1C. The van der Waals surface area contributed by atoms with E-state index in [0.29, 0.717) is 32.7 Å². The summed E-state index contributed by atoms with van der Waals surface area (Å²) in [4.78, 5) is 26.7. The van der Waals surface area contributed by atoms with Crippen molar-refractivity contribution in [3.63, 3.8) is 0 Å². The van der Waals surface area contributed by atoms with Crippen LogP contribution in [0, 0.1) is 23.7 Å². The third-order valence-corrected chi connectivity index (χ3v) is 4.96. The van der Waals surface area contributed by atoms with Gasteiger partial charge in [0.15, 0.2) is 0 Å². The standard InChI is InChI=1S/C16H23N5O3/c1-3-24-16(23)15-11(2)4-5-12-8-20(9-13(12)15)14(22)6-7-21-10-17-18-19-21/h4-5,10-13,15H,3,6-9H2,1-2H3/t11-,12-,13+,15+/m0/s1. The van der Waals surface area contributed by atoms with Crippen LogP contribution in [-0.2, 0) is 20.9 Å². The number of carbonyl (C=O) groups is 2. The number of tetrazole rings is 1. The van der Waals surface area contributed by atoms with Crippen LogP contribution in [0.2, 0.25) is 0 Å². The third-order valence-electron chi connectivity index (χ3n) is 4.96. The van der Waals surface area contributed by atoms with Crippen molar-refractivity contribution in [1.29, 1.82) is 0 Å². The summed E-state index contributed by atoms with van der Waals surface area (Å²) in [6, 6.07) is 0. The Morgan fingerprint density at radius 3 is 2.83 bits per heavy atom. The monoisotopic (exact) mass is 333 g/mol. The highest BCUT2D eigenvalue weighted by Gasteiger charge is 2.45. The number of esters is 1. The molecule has 1 aliphatic carbocycles. The van der Waals surface area contributed by atoms with Crippen molar-refractivity contribution in [1.82, 2.24) is 25.1 Å². The number of carbonyl (C=O) groups excluding carboxylic acids is 2. The maximum atomic E-state index is 12.5. The summed E-state index contributed by atoms with van der Waals surface area (Å²) in [5, 5.41) is 10.9. The van der Waals surface area contributed by atoms with E-state index in [1.165, 1.54) is 6.33 Å². The third kappa shape index (κ3) is 3.32. The number of hydrogen-bond acceptors (Lipinski definition) is 6. The predicted octanol–water partition coefficient (Wildman–Crippen LogP) is 0.523. The first-order chi connectivity index (χ1) is 11.6. The second-order valence-corrected chi connectivity index (χ2v) is 6.47. The fourth-order valence-electron chi connectivity index (χ4n) is 3.75. The van der Waals surface area contributed by atoms with Crippen LogP contribution in [0.5, 0.6) is 0 Å². The van der Waals surface area contributed by atoms with Gasteiger partial charge in [0.25, 0.3) is 0 Å². The van der Waals surface area contributed by atoms with Crippen LogP contribution >= 0.6 is 0 Å². The zero-order valence-electron chi connectivity index (χ0n) is 14.0. The van der Waals surface area contributed by atoms with Crippen LogP contribution in [0.3, 0.4) is 0 Å². The zero-order valence-corrected chi connectivity index (χ0v) is 14.0. The van der Waals surface area contributed by atoms with Crippen molar-refractivity contribution in [2.24, 2.45) is 23.7 Å². The molecular formula is C16H23N5O3. The van der Waals surface area contributed by atoms with Gasteiger partial charge in [0.05, 0.1) is 19.1 Å². The molecule has 4 atom stereocenters. The van der Waals surface area contributed by atoms with Crippen LogP contribution in [0.15, 0.2) is 18.5 Å². The molecule has 0 radical (unpaired) electrons. The van der Waals surface area contributed by atoms with Gasteiger partial charge in [-0.15, -0.1) is 5.10 Å². The number of rotatable bonds is 5. The Labute approximate surface area is 140 Å². The molecule has 0 saturated carbocycles. The average Bonchev–Trinajstić information content (AvgIpc) is 3.21. The van der Waals surface area contributed by atoms with Gasteiger partial charge in [-0.2, -0.15) is 0 Å². The average molecular weight is 333 g/mol. The molecule has 3 rings (SSSR count). The minimum Gasteiger partial charge on any atom is -0.466 e. The first-order valence-corrected chi connectivity index (χ1v) is 8.43. The van der Waals surface area contributed by atoms with Crippen LogP contribution < -0.4 is 0 Å². The maximum Gasteiger partial charge on any atom is 0.309 e. The van der Waals surface area contributed by atoms with Crippen LogP contribution in [0.4, 0.5) is 0 Å². The van der Waals surface area contributed by atoms with E-state index in [1.54, 1.807) is 4.68 Å². The van der Waals surface area contributed by atoms with E-state index in [0.717, 1.165) is 0 Å². The van der Waals surface area contributed by atoms with Gasteiger partial charge in [0.1, 0.15) is 6.33 Å². The first kappa shape index (κ1) is 16.6. The van der Waals surface area contributed by atoms with Crippen molar-refractivity contribution in [3.05, 3.63) is 18.5 Å². The van der Waals surface area contributed by atoms with Crippen LogP contribution in [-0.4, -0.2) is 56.7 Å². The Bertz CT molecular complexity index is 615. The van der Waals surface area contributed by atoms with E-state index in [2.05, 4.69) is 27.7 Å². The molecule has 1 fully saturated rings. The number of likely N-dealkylation sites (tertiary alicyclic amines) is 1.